The highest BCUT2D eigenvalue weighted by Crippen LogP contribution is 2.23. The molecule has 1 aromatic rings. The first kappa shape index (κ1) is 15.0. The van der Waals surface area contributed by atoms with Crippen molar-refractivity contribution in [2.24, 2.45) is 0 Å². The summed E-state index contributed by atoms with van der Waals surface area (Å²) in [5.41, 5.74) is 0.812. The summed E-state index contributed by atoms with van der Waals surface area (Å²) >= 11 is 0. The number of aryl methyl sites for hydroxylation is 1. The first-order chi connectivity index (χ1) is 10.6. The van der Waals surface area contributed by atoms with E-state index in [0.717, 1.165) is 31.2 Å². The minimum Gasteiger partial charge on any atom is -0.352 e. The summed E-state index contributed by atoms with van der Waals surface area (Å²) in [5, 5.41) is 2.98. The van der Waals surface area contributed by atoms with E-state index in [1.54, 1.807) is 11.0 Å². The van der Waals surface area contributed by atoms with Crippen LogP contribution in [0.5, 0.6) is 0 Å². The second kappa shape index (κ2) is 6.46. The molecule has 2 aliphatic rings. The zero-order valence-electron chi connectivity index (χ0n) is 12.6. The molecule has 5 heteroatoms. The van der Waals surface area contributed by atoms with Crippen LogP contribution in [0.2, 0.25) is 0 Å². The van der Waals surface area contributed by atoms with Crippen LogP contribution in [0.25, 0.3) is 0 Å². The van der Waals surface area contributed by atoms with Gasteiger partial charge in [-0.05, 0) is 49.8 Å². The monoisotopic (exact) mass is 304 g/mol. The van der Waals surface area contributed by atoms with E-state index in [4.69, 9.17) is 0 Å². The number of hydrogen-bond donors (Lipinski definition) is 1. The van der Waals surface area contributed by atoms with Gasteiger partial charge in [-0.15, -0.1) is 0 Å². The molecule has 3 rings (SSSR count). The Morgan fingerprint density at radius 2 is 2.09 bits per heavy atom. The molecule has 22 heavy (non-hydrogen) atoms. The zero-order chi connectivity index (χ0) is 15.5. The Morgan fingerprint density at radius 3 is 2.82 bits per heavy atom. The second-order valence-electron chi connectivity index (χ2n) is 6.16. The van der Waals surface area contributed by atoms with Gasteiger partial charge in [-0.2, -0.15) is 0 Å². The van der Waals surface area contributed by atoms with Crippen LogP contribution >= 0.6 is 0 Å². The van der Waals surface area contributed by atoms with Gasteiger partial charge in [-0.3, -0.25) is 9.59 Å². The highest BCUT2D eigenvalue weighted by Gasteiger charge is 2.36. The Balaban J connectivity index is 1.55. The molecule has 1 aliphatic heterocycles. The molecular formula is C17H21FN2O2. The number of nitrogens with zero attached hydrogens (tertiary/aromatic N) is 1. The van der Waals surface area contributed by atoms with Crippen LogP contribution < -0.4 is 5.32 Å². The second-order valence-corrected chi connectivity index (χ2v) is 6.16. The fourth-order valence-electron chi connectivity index (χ4n) is 2.95. The maximum atomic E-state index is 13.1. The Bertz CT molecular complexity index is 572. The molecule has 1 atom stereocenters. The SMILES string of the molecule is O=C(NC1CC1)C1CCCN1C(=O)CCc1cccc(F)c1. The van der Waals surface area contributed by atoms with Gasteiger partial charge in [-0.1, -0.05) is 12.1 Å². The quantitative estimate of drug-likeness (QED) is 0.905. The van der Waals surface area contributed by atoms with Gasteiger partial charge < -0.3 is 10.2 Å². The number of hydrogen-bond acceptors (Lipinski definition) is 2. The summed E-state index contributed by atoms with van der Waals surface area (Å²) in [4.78, 5) is 26.2. The third kappa shape index (κ3) is 3.64. The number of rotatable bonds is 5. The lowest BCUT2D eigenvalue weighted by atomic mass is 10.1. The maximum absolute atomic E-state index is 13.1. The number of nitrogens with one attached hydrogen (secondary N) is 1. The third-order valence-corrected chi connectivity index (χ3v) is 4.32. The molecule has 1 unspecified atom stereocenters. The maximum Gasteiger partial charge on any atom is 0.243 e. The van der Waals surface area contributed by atoms with E-state index < -0.39 is 0 Å². The average Bonchev–Trinajstić information content (AvgIpc) is 3.17. The minimum absolute atomic E-state index is 0.0147. The number of halogens is 1. The smallest absolute Gasteiger partial charge is 0.243 e. The van der Waals surface area contributed by atoms with Crippen LogP contribution in [-0.4, -0.2) is 35.3 Å². The molecule has 2 amide bonds. The number of likely N-dealkylation sites (tertiary alicyclic amines) is 1. The van der Waals surface area contributed by atoms with Crippen LogP contribution in [0.4, 0.5) is 4.39 Å². The Labute approximate surface area is 129 Å². The van der Waals surface area contributed by atoms with E-state index >= 15 is 0 Å². The Morgan fingerprint density at radius 1 is 1.27 bits per heavy atom. The molecule has 0 spiro atoms. The molecule has 0 aromatic heterocycles. The van der Waals surface area contributed by atoms with E-state index in [1.807, 2.05) is 6.07 Å². The summed E-state index contributed by atoms with van der Waals surface area (Å²) in [6.07, 6.45) is 4.53. The van der Waals surface area contributed by atoms with Gasteiger partial charge in [0.05, 0.1) is 0 Å². The first-order valence-electron chi connectivity index (χ1n) is 7.98. The van der Waals surface area contributed by atoms with Crippen molar-refractivity contribution in [3.8, 4) is 0 Å². The van der Waals surface area contributed by atoms with Crippen molar-refractivity contribution >= 4 is 11.8 Å². The summed E-state index contributed by atoms with van der Waals surface area (Å²) in [6, 6.07) is 6.31. The van der Waals surface area contributed by atoms with Gasteiger partial charge in [0.25, 0.3) is 0 Å². The van der Waals surface area contributed by atoms with Crippen LogP contribution in [-0.2, 0) is 16.0 Å². The first-order valence-corrected chi connectivity index (χ1v) is 7.98. The Hall–Kier alpha value is -1.91. The molecule has 2 fully saturated rings. The minimum atomic E-state index is -0.319. The summed E-state index contributed by atoms with van der Waals surface area (Å²) < 4.78 is 13.1. The zero-order valence-corrected chi connectivity index (χ0v) is 12.6. The fourth-order valence-corrected chi connectivity index (χ4v) is 2.95. The van der Waals surface area contributed by atoms with E-state index in [1.165, 1.54) is 12.1 Å². The van der Waals surface area contributed by atoms with Gasteiger partial charge in [0.2, 0.25) is 11.8 Å². The molecule has 1 saturated heterocycles. The van der Waals surface area contributed by atoms with E-state index in [2.05, 4.69) is 5.32 Å². The van der Waals surface area contributed by atoms with Gasteiger partial charge in [0.15, 0.2) is 0 Å². The predicted octanol–water partition coefficient (Wildman–Crippen LogP) is 2.03. The molecule has 4 nitrogen and oxygen atoms in total. The lowest BCUT2D eigenvalue weighted by molar-refractivity contribution is -0.138. The van der Waals surface area contributed by atoms with Gasteiger partial charge in [-0.25, -0.2) is 4.39 Å². The molecule has 1 aromatic carbocycles. The molecule has 0 radical (unpaired) electrons. The van der Waals surface area contributed by atoms with Crippen LogP contribution in [0.15, 0.2) is 24.3 Å². The predicted molar refractivity (Wildman–Crippen MR) is 80.6 cm³/mol. The van der Waals surface area contributed by atoms with Crippen LogP contribution in [0.3, 0.4) is 0 Å². The topological polar surface area (TPSA) is 49.4 Å². The third-order valence-electron chi connectivity index (χ3n) is 4.32. The van der Waals surface area contributed by atoms with Gasteiger partial charge >= 0.3 is 0 Å². The van der Waals surface area contributed by atoms with E-state index in [0.29, 0.717) is 25.4 Å². The molecule has 1 saturated carbocycles. The molecule has 1 N–H and O–H groups in total. The number of carbonyl (C=O) groups is 2. The van der Waals surface area contributed by atoms with Crippen molar-refractivity contribution in [1.29, 1.82) is 0 Å². The van der Waals surface area contributed by atoms with Crippen molar-refractivity contribution < 1.29 is 14.0 Å². The molecule has 0 bridgehead atoms. The molecule has 118 valence electrons. The highest BCUT2D eigenvalue weighted by atomic mass is 19.1. The molecular weight excluding hydrogens is 283 g/mol. The number of benzene rings is 1. The summed E-state index contributed by atoms with van der Waals surface area (Å²) in [7, 11) is 0. The van der Waals surface area contributed by atoms with Crippen molar-refractivity contribution in [2.45, 2.75) is 50.6 Å². The van der Waals surface area contributed by atoms with E-state index in [9.17, 15) is 14.0 Å². The molecule has 1 aliphatic carbocycles. The lowest BCUT2D eigenvalue weighted by Crippen LogP contribution is -2.46. The standard InChI is InChI=1S/C17H21FN2O2/c18-13-4-1-3-12(11-13)6-9-16(21)20-10-2-5-15(20)17(22)19-14-7-8-14/h1,3-4,11,14-15H,2,5-10H2,(H,19,22). The largest absolute Gasteiger partial charge is 0.352 e. The fraction of sp³-hybridized carbons (Fsp3) is 0.529. The van der Waals surface area contributed by atoms with E-state index in [-0.39, 0.29) is 23.7 Å². The van der Waals surface area contributed by atoms with Crippen LogP contribution in [0, 0.1) is 5.82 Å². The van der Waals surface area contributed by atoms with Crippen molar-refractivity contribution in [3.63, 3.8) is 0 Å². The number of carbonyl (C=O) groups excluding carboxylic acids is 2. The molecule has 1 heterocycles. The van der Waals surface area contributed by atoms with Crippen molar-refractivity contribution in [2.75, 3.05) is 6.54 Å². The van der Waals surface area contributed by atoms with Crippen molar-refractivity contribution in [3.05, 3.63) is 35.6 Å². The van der Waals surface area contributed by atoms with Crippen molar-refractivity contribution in [1.82, 2.24) is 10.2 Å². The lowest BCUT2D eigenvalue weighted by Gasteiger charge is -2.24. The van der Waals surface area contributed by atoms with Gasteiger partial charge in [0.1, 0.15) is 11.9 Å². The summed E-state index contributed by atoms with van der Waals surface area (Å²) in [6.45, 7) is 0.644. The number of amides is 2. The highest BCUT2D eigenvalue weighted by molar-refractivity contribution is 5.88. The van der Waals surface area contributed by atoms with Crippen LogP contribution in [0.1, 0.15) is 37.7 Å². The normalized spacial score (nSPS) is 21.0. The average molecular weight is 304 g/mol. The summed E-state index contributed by atoms with van der Waals surface area (Å²) in [5.74, 6) is -0.315. The van der Waals surface area contributed by atoms with Gasteiger partial charge in [0, 0.05) is 19.0 Å². The Kier molecular flexibility index (Phi) is 4.41.